The summed E-state index contributed by atoms with van der Waals surface area (Å²) in [4.78, 5) is 39.4. The smallest absolute Gasteiger partial charge is 0.269 e. The first-order valence-corrected chi connectivity index (χ1v) is 10.2. The van der Waals surface area contributed by atoms with E-state index in [1.165, 1.54) is 9.91 Å². The lowest BCUT2D eigenvalue weighted by atomic mass is 10.1. The van der Waals surface area contributed by atoms with Crippen molar-refractivity contribution in [1.82, 2.24) is 20.7 Å². The van der Waals surface area contributed by atoms with E-state index >= 15 is 0 Å². The zero-order chi connectivity index (χ0) is 21.7. The molecule has 0 spiro atoms. The van der Waals surface area contributed by atoms with Gasteiger partial charge in [0.2, 0.25) is 5.91 Å². The maximum atomic E-state index is 13.1. The molecule has 156 valence electrons. The van der Waals surface area contributed by atoms with Crippen molar-refractivity contribution in [3.8, 4) is 0 Å². The van der Waals surface area contributed by atoms with Gasteiger partial charge in [-0.05, 0) is 49.0 Å². The predicted octanol–water partition coefficient (Wildman–Crippen LogP) is 2.51. The molecule has 0 radical (unpaired) electrons. The van der Waals surface area contributed by atoms with Crippen LogP contribution in [0.25, 0.3) is 0 Å². The lowest BCUT2D eigenvalue weighted by Crippen LogP contribution is -2.50. The molecule has 0 aromatic heterocycles. The Morgan fingerprint density at radius 3 is 2.40 bits per heavy atom. The molecular weight excluding hydrogens is 424 g/mol. The van der Waals surface area contributed by atoms with Crippen LogP contribution in [0.1, 0.15) is 29.3 Å². The molecule has 30 heavy (non-hydrogen) atoms. The molecule has 1 heterocycles. The van der Waals surface area contributed by atoms with Crippen LogP contribution < -0.4 is 10.7 Å². The van der Waals surface area contributed by atoms with E-state index in [9.17, 15) is 14.4 Å². The van der Waals surface area contributed by atoms with Crippen molar-refractivity contribution < 1.29 is 14.4 Å². The number of halogens is 1. The highest BCUT2D eigenvalue weighted by molar-refractivity contribution is 7.80. The van der Waals surface area contributed by atoms with Crippen molar-refractivity contribution in [3.63, 3.8) is 0 Å². The highest BCUT2D eigenvalue weighted by Gasteiger charge is 2.44. The lowest BCUT2D eigenvalue weighted by Gasteiger charge is -2.24. The fourth-order valence-electron chi connectivity index (χ4n) is 3.08. The van der Waals surface area contributed by atoms with E-state index < -0.39 is 11.9 Å². The standard InChI is InChI=1S/C21H21ClN4O3S/c1-2-23-18(27)12-17-20(29)25(13-14-6-4-3-5-7-14)21(30)26(17)24-19(28)15-8-10-16(22)11-9-15/h3-11,17H,2,12-13H2,1H3,(H,23,27)(H,24,28). The highest BCUT2D eigenvalue weighted by Crippen LogP contribution is 2.22. The van der Waals surface area contributed by atoms with E-state index in [1.54, 1.807) is 31.2 Å². The van der Waals surface area contributed by atoms with Crippen molar-refractivity contribution in [3.05, 3.63) is 70.7 Å². The monoisotopic (exact) mass is 444 g/mol. The van der Waals surface area contributed by atoms with Crippen molar-refractivity contribution in [2.24, 2.45) is 0 Å². The van der Waals surface area contributed by atoms with E-state index in [0.29, 0.717) is 17.1 Å². The SMILES string of the molecule is CCNC(=O)CC1C(=O)N(Cc2ccccc2)C(=S)N1NC(=O)c1ccc(Cl)cc1. The van der Waals surface area contributed by atoms with Gasteiger partial charge in [-0.25, -0.2) is 5.01 Å². The summed E-state index contributed by atoms with van der Waals surface area (Å²) in [6.07, 6.45) is -0.126. The Kier molecular flexibility index (Phi) is 7.02. The summed E-state index contributed by atoms with van der Waals surface area (Å²) in [6.45, 7) is 2.48. The van der Waals surface area contributed by atoms with E-state index in [1.807, 2.05) is 30.3 Å². The number of nitrogens with one attached hydrogen (secondary N) is 2. The number of hydrogen-bond acceptors (Lipinski definition) is 4. The number of carbonyl (C=O) groups is 3. The van der Waals surface area contributed by atoms with Gasteiger partial charge in [0.05, 0.1) is 13.0 Å². The zero-order valence-corrected chi connectivity index (χ0v) is 17.9. The number of hydrazine groups is 1. The third-order valence-electron chi connectivity index (χ3n) is 4.56. The molecule has 2 N–H and O–H groups in total. The number of rotatable bonds is 7. The van der Waals surface area contributed by atoms with Gasteiger partial charge in [-0.2, -0.15) is 0 Å². The van der Waals surface area contributed by atoms with Crippen LogP contribution in [-0.4, -0.2) is 45.3 Å². The summed E-state index contributed by atoms with van der Waals surface area (Å²) in [5.41, 5.74) is 3.92. The number of amides is 3. The first kappa shape index (κ1) is 21.7. The average Bonchev–Trinajstić information content (AvgIpc) is 2.94. The summed E-state index contributed by atoms with van der Waals surface area (Å²) >= 11 is 11.4. The van der Waals surface area contributed by atoms with Gasteiger partial charge >= 0.3 is 0 Å². The van der Waals surface area contributed by atoms with Crippen molar-refractivity contribution in [1.29, 1.82) is 0 Å². The topological polar surface area (TPSA) is 81.8 Å². The van der Waals surface area contributed by atoms with E-state index in [2.05, 4.69) is 10.7 Å². The fourth-order valence-corrected chi connectivity index (χ4v) is 3.54. The zero-order valence-electron chi connectivity index (χ0n) is 16.3. The number of nitrogens with zero attached hydrogens (tertiary/aromatic N) is 2. The average molecular weight is 445 g/mol. The lowest BCUT2D eigenvalue weighted by molar-refractivity contribution is -0.132. The molecule has 0 aliphatic carbocycles. The van der Waals surface area contributed by atoms with Gasteiger partial charge in [-0.3, -0.25) is 24.7 Å². The summed E-state index contributed by atoms with van der Waals surface area (Å²) in [7, 11) is 0. The second kappa shape index (κ2) is 9.69. The highest BCUT2D eigenvalue weighted by atomic mass is 35.5. The summed E-state index contributed by atoms with van der Waals surface area (Å²) in [5.74, 6) is -1.10. The maximum absolute atomic E-state index is 13.1. The molecule has 1 atom stereocenters. The molecule has 1 saturated heterocycles. The minimum absolute atomic E-state index is 0.126. The Labute approximate surface area is 185 Å². The Morgan fingerprint density at radius 2 is 1.77 bits per heavy atom. The van der Waals surface area contributed by atoms with Crippen molar-refractivity contribution in [2.75, 3.05) is 6.54 Å². The number of thiocarbonyl (C=S) groups is 1. The van der Waals surface area contributed by atoms with Gasteiger partial charge in [0, 0.05) is 17.1 Å². The van der Waals surface area contributed by atoms with Gasteiger partial charge in [-0.1, -0.05) is 41.9 Å². The maximum Gasteiger partial charge on any atom is 0.269 e. The molecule has 0 bridgehead atoms. The molecule has 9 heteroatoms. The van der Waals surface area contributed by atoms with Gasteiger partial charge in [0.1, 0.15) is 6.04 Å². The number of carbonyl (C=O) groups excluding carboxylic acids is 3. The van der Waals surface area contributed by atoms with Crippen molar-refractivity contribution in [2.45, 2.75) is 25.9 Å². The molecule has 3 amide bonds. The Hall–Kier alpha value is -2.97. The summed E-state index contributed by atoms with van der Waals surface area (Å²) < 4.78 is 0. The third-order valence-corrected chi connectivity index (χ3v) is 5.23. The summed E-state index contributed by atoms with van der Waals surface area (Å²) in [6, 6.07) is 14.8. The molecule has 2 aromatic carbocycles. The largest absolute Gasteiger partial charge is 0.356 e. The number of benzene rings is 2. The Morgan fingerprint density at radius 1 is 1.10 bits per heavy atom. The third kappa shape index (κ3) is 4.95. The Bertz CT molecular complexity index is 952. The molecule has 2 aromatic rings. The normalized spacial score (nSPS) is 16.0. The molecule has 1 aliphatic rings. The summed E-state index contributed by atoms with van der Waals surface area (Å²) in [5, 5.41) is 4.62. The second-order valence-corrected chi connectivity index (χ2v) is 7.49. The van der Waals surface area contributed by atoms with E-state index in [0.717, 1.165) is 5.56 Å². The minimum Gasteiger partial charge on any atom is -0.356 e. The second-order valence-electron chi connectivity index (χ2n) is 6.68. The first-order chi connectivity index (χ1) is 14.4. The van der Waals surface area contributed by atoms with Crippen LogP contribution in [-0.2, 0) is 16.1 Å². The quantitative estimate of drug-likeness (QED) is 0.641. The first-order valence-electron chi connectivity index (χ1n) is 9.42. The molecule has 1 fully saturated rings. The fraction of sp³-hybridized carbons (Fsp3) is 0.238. The van der Waals surface area contributed by atoms with Crippen LogP contribution in [0.4, 0.5) is 0 Å². The number of hydrogen-bond donors (Lipinski definition) is 2. The van der Waals surface area contributed by atoms with Crippen LogP contribution in [0.15, 0.2) is 54.6 Å². The minimum atomic E-state index is -0.927. The van der Waals surface area contributed by atoms with Gasteiger partial charge in [-0.15, -0.1) is 0 Å². The van der Waals surface area contributed by atoms with Gasteiger partial charge in [0.15, 0.2) is 5.11 Å². The molecule has 1 aliphatic heterocycles. The van der Waals surface area contributed by atoms with E-state index in [4.69, 9.17) is 23.8 Å². The molecular formula is C21H21ClN4O3S. The Balaban J connectivity index is 1.83. The van der Waals surface area contributed by atoms with Crippen LogP contribution in [0.2, 0.25) is 5.02 Å². The van der Waals surface area contributed by atoms with Crippen molar-refractivity contribution >= 4 is 46.7 Å². The van der Waals surface area contributed by atoms with Gasteiger partial charge < -0.3 is 5.32 Å². The van der Waals surface area contributed by atoms with E-state index in [-0.39, 0.29) is 29.9 Å². The van der Waals surface area contributed by atoms with Gasteiger partial charge in [0.25, 0.3) is 11.8 Å². The van der Waals surface area contributed by atoms with Crippen LogP contribution in [0.3, 0.4) is 0 Å². The molecule has 0 saturated carbocycles. The predicted molar refractivity (Wildman–Crippen MR) is 117 cm³/mol. The van der Waals surface area contributed by atoms with Crippen LogP contribution in [0, 0.1) is 0 Å². The molecule has 1 unspecified atom stereocenters. The molecule has 7 nitrogen and oxygen atoms in total. The van der Waals surface area contributed by atoms with Crippen LogP contribution in [0.5, 0.6) is 0 Å². The molecule has 3 rings (SSSR count). The van der Waals surface area contributed by atoms with Crippen LogP contribution >= 0.6 is 23.8 Å².